The molecule has 2 aromatic rings. The van der Waals surface area contributed by atoms with Crippen molar-refractivity contribution in [1.29, 1.82) is 0 Å². The number of hydrogen-bond acceptors (Lipinski definition) is 5. The molecule has 0 spiro atoms. The first-order chi connectivity index (χ1) is 13.8. The van der Waals surface area contributed by atoms with E-state index in [0.29, 0.717) is 12.1 Å². The highest BCUT2D eigenvalue weighted by Gasteiger charge is 2.31. The Bertz CT molecular complexity index is 987. The Morgan fingerprint density at radius 2 is 1.66 bits per heavy atom. The van der Waals surface area contributed by atoms with Crippen LogP contribution >= 0.6 is 15.9 Å². The number of benzene rings is 2. The van der Waals surface area contributed by atoms with Crippen LogP contribution in [0.25, 0.3) is 0 Å². The van der Waals surface area contributed by atoms with Crippen molar-refractivity contribution < 1.29 is 22.7 Å². The third-order valence-corrected chi connectivity index (χ3v) is 7.50. The number of halogens is 1. The molecule has 0 amide bonds. The van der Waals surface area contributed by atoms with Crippen molar-refractivity contribution in [3.63, 3.8) is 0 Å². The van der Waals surface area contributed by atoms with Gasteiger partial charge in [-0.15, -0.1) is 0 Å². The monoisotopic (exact) mass is 479 g/mol. The predicted octanol–water partition coefficient (Wildman–Crippen LogP) is 4.05. The van der Waals surface area contributed by atoms with E-state index in [1.807, 2.05) is 6.92 Å². The maximum absolute atomic E-state index is 12.8. The molecule has 2 aromatic carbocycles. The Morgan fingerprint density at radius 3 is 2.28 bits per heavy atom. The Hall–Kier alpha value is -2.03. The molecule has 0 radical (unpaired) electrons. The molecule has 1 aliphatic heterocycles. The van der Waals surface area contributed by atoms with Crippen molar-refractivity contribution in [2.24, 2.45) is 0 Å². The number of carbonyl (C=O) groups excluding carboxylic acids is 2. The molecule has 1 unspecified atom stereocenters. The van der Waals surface area contributed by atoms with Gasteiger partial charge < -0.3 is 4.74 Å². The lowest BCUT2D eigenvalue weighted by atomic mass is 10.1. The van der Waals surface area contributed by atoms with E-state index in [2.05, 4.69) is 15.9 Å². The van der Waals surface area contributed by atoms with Crippen LogP contribution in [0.2, 0.25) is 0 Å². The average molecular weight is 480 g/mol. The zero-order valence-electron chi connectivity index (χ0n) is 16.0. The SMILES string of the molecule is CC1CCCCN1S(=O)(=O)c1ccc(C(=O)OCC(=O)c2ccc(Br)cc2)cc1. The second kappa shape index (κ2) is 9.19. The zero-order chi connectivity index (χ0) is 21.0. The molecule has 1 fully saturated rings. The van der Waals surface area contributed by atoms with Crippen LogP contribution in [0.15, 0.2) is 57.9 Å². The number of sulfonamides is 1. The maximum atomic E-state index is 12.8. The van der Waals surface area contributed by atoms with Crippen LogP contribution in [-0.4, -0.2) is 43.7 Å². The van der Waals surface area contributed by atoms with Gasteiger partial charge in [-0.25, -0.2) is 13.2 Å². The van der Waals surface area contributed by atoms with Gasteiger partial charge in [0.15, 0.2) is 12.4 Å². The minimum atomic E-state index is -3.60. The fourth-order valence-electron chi connectivity index (χ4n) is 3.26. The summed E-state index contributed by atoms with van der Waals surface area (Å²) in [5, 5.41) is 0. The molecule has 8 heteroatoms. The molecule has 154 valence electrons. The minimum Gasteiger partial charge on any atom is -0.454 e. The number of nitrogens with zero attached hydrogens (tertiary/aromatic N) is 1. The number of rotatable bonds is 6. The highest BCUT2D eigenvalue weighted by molar-refractivity contribution is 9.10. The number of Topliss-reactive ketones (excluding diaryl/α,β-unsaturated/α-hetero) is 1. The Labute approximate surface area is 179 Å². The van der Waals surface area contributed by atoms with Crippen molar-refractivity contribution in [1.82, 2.24) is 4.31 Å². The average Bonchev–Trinajstić information content (AvgIpc) is 2.72. The molecule has 0 saturated carbocycles. The topological polar surface area (TPSA) is 80.8 Å². The van der Waals surface area contributed by atoms with E-state index in [1.54, 1.807) is 24.3 Å². The molecule has 6 nitrogen and oxygen atoms in total. The summed E-state index contributed by atoms with van der Waals surface area (Å²) in [5.74, 6) is -0.991. The van der Waals surface area contributed by atoms with Crippen LogP contribution in [0.1, 0.15) is 46.9 Å². The molecule has 0 aliphatic carbocycles. The van der Waals surface area contributed by atoms with Gasteiger partial charge in [-0.2, -0.15) is 4.31 Å². The van der Waals surface area contributed by atoms with Gasteiger partial charge in [-0.05, 0) is 56.2 Å². The van der Waals surface area contributed by atoms with Gasteiger partial charge in [0.2, 0.25) is 10.0 Å². The summed E-state index contributed by atoms with van der Waals surface area (Å²) in [7, 11) is -3.60. The van der Waals surface area contributed by atoms with Crippen molar-refractivity contribution >= 4 is 37.7 Å². The lowest BCUT2D eigenvalue weighted by Crippen LogP contribution is -2.41. The number of esters is 1. The number of ether oxygens (including phenoxy) is 1. The van der Waals surface area contributed by atoms with Gasteiger partial charge in [0.05, 0.1) is 10.5 Å². The summed E-state index contributed by atoms with van der Waals surface area (Å²) < 4.78 is 33.1. The molecule has 1 saturated heterocycles. The van der Waals surface area contributed by atoms with E-state index in [9.17, 15) is 18.0 Å². The third-order valence-electron chi connectivity index (χ3n) is 4.94. The Kier molecular flexibility index (Phi) is 6.87. The van der Waals surface area contributed by atoms with Gasteiger partial charge in [0.25, 0.3) is 0 Å². The van der Waals surface area contributed by atoms with Crippen LogP contribution < -0.4 is 0 Å². The standard InChI is InChI=1S/C21H22BrNO5S/c1-15-4-2-3-13-23(15)29(26,27)19-11-7-17(8-12-19)21(25)28-14-20(24)16-5-9-18(22)10-6-16/h5-12,15H,2-4,13-14H2,1H3. The van der Waals surface area contributed by atoms with Gasteiger partial charge in [-0.1, -0.05) is 34.5 Å². The van der Waals surface area contributed by atoms with E-state index in [1.165, 1.54) is 28.6 Å². The quantitative estimate of drug-likeness (QED) is 0.461. The zero-order valence-corrected chi connectivity index (χ0v) is 18.4. The predicted molar refractivity (Wildman–Crippen MR) is 112 cm³/mol. The second-order valence-corrected chi connectivity index (χ2v) is 9.80. The largest absolute Gasteiger partial charge is 0.454 e. The van der Waals surface area contributed by atoms with Crippen molar-refractivity contribution in [3.05, 3.63) is 64.1 Å². The van der Waals surface area contributed by atoms with Crippen LogP contribution in [0.3, 0.4) is 0 Å². The first-order valence-electron chi connectivity index (χ1n) is 9.37. The maximum Gasteiger partial charge on any atom is 0.338 e. The van der Waals surface area contributed by atoms with Gasteiger partial charge in [-0.3, -0.25) is 4.79 Å². The molecule has 1 aliphatic rings. The van der Waals surface area contributed by atoms with Gasteiger partial charge >= 0.3 is 5.97 Å². The van der Waals surface area contributed by atoms with Crippen LogP contribution in [0.5, 0.6) is 0 Å². The van der Waals surface area contributed by atoms with Crippen molar-refractivity contribution in [3.8, 4) is 0 Å². The fourth-order valence-corrected chi connectivity index (χ4v) is 5.22. The second-order valence-electron chi connectivity index (χ2n) is 6.99. The van der Waals surface area contributed by atoms with E-state index in [4.69, 9.17) is 4.74 Å². The lowest BCUT2D eigenvalue weighted by Gasteiger charge is -2.32. The number of ketones is 1. The van der Waals surface area contributed by atoms with Gasteiger partial charge in [0, 0.05) is 22.6 Å². The van der Waals surface area contributed by atoms with Crippen LogP contribution in [0, 0.1) is 0 Å². The Morgan fingerprint density at radius 1 is 1.03 bits per heavy atom. The molecule has 3 rings (SSSR count). The number of hydrogen-bond donors (Lipinski definition) is 0. The summed E-state index contributed by atoms with van der Waals surface area (Å²) in [6.07, 6.45) is 2.72. The summed E-state index contributed by atoms with van der Waals surface area (Å²) in [5.41, 5.74) is 0.636. The van der Waals surface area contributed by atoms with Crippen molar-refractivity contribution in [2.45, 2.75) is 37.1 Å². The van der Waals surface area contributed by atoms with E-state index < -0.39 is 16.0 Å². The summed E-state index contributed by atoms with van der Waals surface area (Å²) in [6.45, 7) is 2.03. The highest BCUT2D eigenvalue weighted by Crippen LogP contribution is 2.25. The molecule has 29 heavy (non-hydrogen) atoms. The summed E-state index contributed by atoms with van der Waals surface area (Å²) >= 11 is 3.29. The van der Waals surface area contributed by atoms with Crippen LogP contribution in [-0.2, 0) is 14.8 Å². The smallest absolute Gasteiger partial charge is 0.338 e. The molecule has 0 N–H and O–H groups in total. The molecule has 1 heterocycles. The molecular formula is C21H22BrNO5S. The summed E-state index contributed by atoms with van der Waals surface area (Å²) in [4.78, 5) is 24.5. The van der Waals surface area contributed by atoms with Crippen LogP contribution in [0.4, 0.5) is 0 Å². The van der Waals surface area contributed by atoms with Gasteiger partial charge in [0.1, 0.15) is 0 Å². The normalized spacial score (nSPS) is 17.7. The summed E-state index contributed by atoms with van der Waals surface area (Å²) in [6, 6.07) is 12.3. The number of carbonyl (C=O) groups is 2. The van der Waals surface area contributed by atoms with E-state index in [-0.39, 0.29) is 28.9 Å². The lowest BCUT2D eigenvalue weighted by molar-refractivity contribution is 0.0474. The fraction of sp³-hybridized carbons (Fsp3) is 0.333. The van der Waals surface area contributed by atoms with Crippen molar-refractivity contribution in [2.75, 3.05) is 13.2 Å². The highest BCUT2D eigenvalue weighted by atomic mass is 79.9. The van der Waals surface area contributed by atoms with E-state index >= 15 is 0 Å². The third kappa shape index (κ3) is 5.12. The minimum absolute atomic E-state index is 0.0389. The first kappa shape index (κ1) is 21.7. The Balaban J connectivity index is 1.64. The first-order valence-corrected chi connectivity index (χ1v) is 11.6. The number of piperidine rings is 1. The molecule has 0 bridgehead atoms. The van der Waals surface area contributed by atoms with E-state index in [0.717, 1.165) is 23.7 Å². The molecule has 0 aromatic heterocycles. The molecule has 1 atom stereocenters. The molecular weight excluding hydrogens is 458 g/mol.